The van der Waals surface area contributed by atoms with E-state index < -0.39 is 0 Å². The van der Waals surface area contributed by atoms with Gasteiger partial charge in [-0.3, -0.25) is 9.69 Å². The van der Waals surface area contributed by atoms with Crippen LogP contribution in [-0.4, -0.2) is 57.6 Å². The third-order valence-corrected chi connectivity index (χ3v) is 4.68. The Bertz CT molecular complexity index is 526. The van der Waals surface area contributed by atoms with Crippen molar-refractivity contribution >= 4 is 5.91 Å². The molecule has 0 radical (unpaired) electrons. The molecule has 2 atom stereocenters. The van der Waals surface area contributed by atoms with Crippen LogP contribution in [0.2, 0.25) is 0 Å². The van der Waals surface area contributed by atoms with Gasteiger partial charge >= 0.3 is 0 Å². The number of piperazine rings is 1. The average molecular weight is 290 g/mol. The van der Waals surface area contributed by atoms with Crippen LogP contribution in [0, 0.1) is 0 Å². The van der Waals surface area contributed by atoms with Gasteiger partial charge in [-0.05, 0) is 38.4 Å². The molecule has 2 N–H and O–H groups in total. The zero-order valence-corrected chi connectivity index (χ0v) is 12.3. The molecule has 0 saturated carbocycles. The van der Waals surface area contributed by atoms with E-state index in [1.54, 1.807) is 4.90 Å². The molecule has 5 nitrogen and oxygen atoms in total. The molecule has 2 aliphatic heterocycles. The molecule has 2 fully saturated rings. The second-order valence-electron chi connectivity index (χ2n) is 6.12. The van der Waals surface area contributed by atoms with E-state index in [0.717, 1.165) is 19.5 Å². The maximum Gasteiger partial charge on any atom is 0.261 e. The van der Waals surface area contributed by atoms with Gasteiger partial charge in [0, 0.05) is 25.2 Å². The van der Waals surface area contributed by atoms with Crippen LogP contribution in [0.25, 0.3) is 0 Å². The first-order chi connectivity index (χ1) is 10.1. The Morgan fingerprint density at radius 1 is 1.19 bits per heavy atom. The molecule has 2 saturated heterocycles. The molecular formula is C16H22N2O3. The maximum absolute atomic E-state index is 12.7. The summed E-state index contributed by atoms with van der Waals surface area (Å²) in [4.78, 5) is 17.0. The summed E-state index contributed by atoms with van der Waals surface area (Å²) >= 11 is 0. The fraction of sp³-hybridized carbons (Fsp3) is 0.562. The molecule has 5 heteroatoms. The van der Waals surface area contributed by atoms with Gasteiger partial charge in [0.15, 0.2) is 0 Å². The van der Waals surface area contributed by atoms with E-state index in [2.05, 4.69) is 4.90 Å². The summed E-state index contributed by atoms with van der Waals surface area (Å²) in [6, 6.07) is 4.91. The van der Waals surface area contributed by atoms with Gasteiger partial charge in [-0.1, -0.05) is 12.5 Å². The van der Waals surface area contributed by atoms with Crippen molar-refractivity contribution in [1.29, 1.82) is 0 Å². The van der Waals surface area contributed by atoms with Crippen molar-refractivity contribution < 1.29 is 15.0 Å². The van der Waals surface area contributed by atoms with Crippen molar-refractivity contribution in [2.75, 3.05) is 19.6 Å². The lowest BCUT2D eigenvalue weighted by atomic mass is 9.96. The highest BCUT2D eigenvalue weighted by atomic mass is 16.3. The van der Waals surface area contributed by atoms with Gasteiger partial charge in [-0.2, -0.15) is 0 Å². The van der Waals surface area contributed by atoms with Crippen LogP contribution in [0.4, 0.5) is 0 Å². The first kappa shape index (κ1) is 14.2. The van der Waals surface area contributed by atoms with Crippen LogP contribution in [0.3, 0.4) is 0 Å². The Labute approximate surface area is 124 Å². The minimum atomic E-state index is -0.275. The van der Waals surface area contributed by atoms with Gasteiger partial charge in [0.05, 0.1) is 0 Å². The summed E-state index contributed by atoms with van der Waals surface area (Å²) in [5, 5.41) is 19.8. The van der Waals surface area contributed by atoms with Crippen molar-refractivity contribution in [3.63, 3.8) is 0 Å². The number of amides is 1. The minimum Gasteiger partial charge on any atom is -0.507 e. The number of aromatic hydroxyl groups is 2. The third kappa shape index (κ3) is 2.58. The molecule has 2 heterocycles. The third-order valence-electron chi connectivity index (χ3n) is 4.68. The summed E-state index contributed by atoms with van der Waals surface area (Å²) in [7, 11) is 0. The van der Waals surface area contributed by atoms with E-state index >= 15 is 0 Å². The zero-order valence-electron chi connectivity index (χ0n) is 12.3. The van der Waals surface area contributed by atoms with E-state index in [9.17, 15) is 15.0 Å². The lowest BCUT2D eigenvalue weighted by Gasteiger charge is -2.47. The van der Waals surface area contributed by atoms with Gasteiger partial charge in [0.1, 0.15) is 17.1 Å². The minimum absolute atomic E-state index is 0.0219. The second-order valence-corrected chi connectivity index (χ2v) is 6.12. The first-order valence-corrected chi connectivity index (χ1v) is 7.64. The number of piperidine rings is 1. The predicted molar refractivity (Wildman–Crippen MR) is 79.5 cm³/mol. The van der Waals surface area contributed by atoms with Crippen molar-refractivity contribution in [2.24, 2.45) is 0 Å². The Morgan fingerprint density at radius 3 is 2.62 bits per heavy atom. The molecule has 0 aromatic heterocycles. The number of carbonyl (C=O) groups is 1. The van der Waals surface area contributed by atoms with E-state index in [1.807, 2.05) is 6.92 Å². The summed E-state index contributed by atoms with van der Waals surface area (Å²) in [5.41, 5.74) is 0.0219. The first-order valence-electron chi connectivity index (χ1n) is 7.64. The summed E-state index contributed by atoms with van der Waals surface area (Å²) in [6.45, 7) is 4.68. The molecule has 3 rings (SSSR count). The number of rotatable bonds is 1. The van der Waals surface area contributed by atoms with Crippen LogP contribution in [0.5, 0.6) is 11.5 Å². The second kappa shape index (κ2) is 5.56. The van der Waals surface area contributed by atoms with Crippen molar-refractivity contribution in [3.05, 3.63) is 23.8 Å². The predicted octanol–water partition coefficient (Wildman–Crippen LogP) is 1.80. The summed E-state index contributed by atoms with van der Waals surface area (Å²) < 4.78 is 0. The van der Waals surface area contributed by atoms with Gasteiger partial charge < -0.3 is 15.1 Å². The van der Waals surface area contributed by atoms with E-state index in [0.29, 0.717) is 12.6 Å². The number of nitrogens with zero attached hydrogens (tertiary/aromatic N) is 2. The Hall–Kier alpha value is -1.75. The smallest absolute Gasteiger partial charge is 0.261 e. The molecule has 21 heavy (non-hydrogen) atoms. The van der Waals surface area contributed by atoms with Crippen LogP contribution in [0.1, 0.15) is 36.5 Å². The van der Waals surface area contributed by atoms with Crippen LogP contribution < -0.4 is 0 Å². The molecule has 0 aliphatic carbocycles. The number of fused-ring (bicyclic) bond motifs is 1. The van der Waals surface area contributed by atoms with Gasteiger partial charge in [0.2, 0.25) is 0 Å². The maximum atomic E-state index is 12.7. The van der Waals surface area contributed by atoms with Crippen molar-refractivity contribution in [1.82, 2.24) is 9.80 Å². The highest BCUT2D eigenvalue weighted by molar-refractivity contribution is 5.99. The molecule has 1 amide bonds. The molecule has 2 unspecified atom stereocenters. The Morgan fingerprint density at radius 2 is 1.90 bits per heavy atom. The van der Waals surface area contributed by atoms with Crippen molar-refractivity contribution in [3.8, 4) is 11.5 Å². The molecule has 1 aromatic carbocycles. The summed E-state index contributed by atoms with van der Waals surface area (Å²) in [6.07, 6.45) is 3.56. The lowest BCUT2D eigenvalue weighted by molar-refractivity contribution is 0.0148. The lowest BCUT2D eigenvalue weighted by Crippen LogP contribution is -2.60. The monoisotopic (exact) mass is 290 g/mol. The quantitative estimate of drug-likeness (QED) is 0.828. The topological polar surface area (TPSA) is 64.0 Å². The largest absolute Gasteiger partial charge is 0.507 e. The Balaban J connectivity index is 1.84. The van der Waals surface area contributed by atoms with Crippen LogP contribution >= 0.6 is 0 Å². The number of benzene rings is 1. The molecule has 1 aromatic rings. The van der Waals surface area contributed by atoms with E-state index in [4.69, 9.17) is 0 Å². The van der Waals surface area contributed by atoms with Crippen molar-refractivity contribution in [2.45, 2.75) is 38.3 Å². The van der Waals surface area contributed by atoms with E-state index in [-0.39, 0.29) is 29.0 Å². The number of carbonyl (C=O) groups excluding carboxylic acids is 1. The molecule has 2 aliphatic rings. The van der Waals surface area contributed by atoms with Crippen LogP contribution in [0.15, 0.2) is 18.2 Å². The Kier molecular flexibility index (Phi) is 3.76. The number of hydrogen-bond donors (Lipinski definition) is 2. The molecule has 114 valence electrons. The zero-order chi connectivity index (χ0) is 15.0. The fourth-order valence-corrected chi connectivity index (χ4v) is 3.53. The number of hydrogen-bond acceptors (Lipinski definition) is 4. The summed E-state index contributed by atoms with van der Waals surface area (Å²) in [5.74, 6) is -0.583. The van der Waals surface area contributed by atoms with Gasteiger partial charge in [-0.25, -0.2) is 0 Å². The standard InChI is InChI=1S/C16H22N2O3/c1-11-9-17-8-3-2-5-12(17)10-18(11)16(21)15-13(19)6-4-7-14(15)20/h4,6-7,11-12,19-20H,2-3,5,8-10H2,1H3. The van der Waals surface area contributed by atoms with Gasteiger partial charge in [0.25, 0.3) is 5.91 Å². The molecule has 0 spiro atoms. The highest BCUT2D eigenvalue weighted by Crippen LogP contribution is 2.31. The van der Waals surface area contributed by atoms with Gasteiger partial charge in [-0.15, -0.1) is 0 Å². The number of phenolic OH excluding ortho intramolecular Hbond substituents is 2. The highest BCUT2D eigenvalue weighted by Gasteiger charge is 2.36. The normalized spacial score (nSPS) is 26.4. The SMILES string of the molecule is CC1CN2CCCCC2CN1C(=O)c1c(O)cccc1O. The number of phenols is 2. The molecule has 0 bridgehead atoms. The fourth-order valence-electron chi connectivity index (χ4n) is 3.53. The van der Waals surface area contributed by atoms with Crippen LogP contribution in [-0.2, 0) is 0 Å². The van der Waals surface area contributed by atoms with E-state index in [1.165, 1.54) is 31.0 Å². The average Bonchev–Trinajstić information content (AvgIpc) is 2.46. The molecular weight excluding hydrogens is 268 g/mol.